The number of anilines is 1. The summed E-state index contributed by atoms with van der Waals surface area (Å²) in [5.74, 6) is 0.628. The Morgan fingerprint density at radius 2 is 2.04 bits per heavy atom. The van der Waals surface area contributed by atoms with Gasteiger partial charge in [0.15, 0.2) is 0 Å². The quantitative estimate of drug-likeness (QED) is 0.755. The second-order valence-electron chi connectivity index (χ2n) is 6.98. The first-order valence-corrected chi connectivity index (χ1v) is 8.77. The van der Waals surface area contributed by atoms with Crippen LogP contribution >= 0.6 is 0 Å². The predicted molar refractivity (Wildman–Crippen MR) is 94.7 cm³/mol. The first kappa shape index (κ1) is 18.0. The van der Waals surface area contributed by atoms with Crippen molar-refractivity contribution in [2.75, 3.05) is 18.4 Å². The Kier molecular flexibility index (Phi) is 6.60. The van der Waals surface area contributed by atoms with Crippen LogP contribution in [0.4, 0.5) is 5.69 Å². The van der Waals surface area contributed by atoms with Gasteiger partial charge in [0.1, 0.15) is 0 Å². The van der Waals surface area contributed by atoms with Crippen LogP contribution in [0.5, 0.6) is 0 Å². The molecule has 4 heteroatoms. The van der Waals surface area contributed by atoms with E-state index in [2.05, 4.69) is 30.5 Å². The molecule has 3 N–H and O–H groups in total. The van der Waals surface area contributed by atoms with Crippen molar-refractivity contribution >= 4 is 11.6 Å². The third-order valence-corrected chi connectivity index (χ3v) is 4.75. The summed E-state index contributed by atoms with van der Waals surface area (Å²) in [6.07, 6.45) is 4.01. The molecule has 2 atom stereocenters. The number of aliphatic hydroxyl groups is 1. The van der Waals surface area contributed by atoms with Gasteiger partial charge in [-0.1, -0.05) is 44.9 Å². The average molecular weight is 318 g/mol. The van der Waals surface area contributed by atoms with Crippen LogP contribution in [-0.4, -0.2) is 30.2 Å². The monoisotopic (exact) mass is 318 g/mol. The van der Waals surface area contributed by atoms with Crippen molar-refractivity contribution in [3.05, 3.63) is 29.3 Å². The standard InChI is InChI=1S/C19H30N2O2/c1-13(2)16-9-6-7-14(3)19(16)21-18(23)12-20-11-15-8-4-5-10-17(15)22/h6-7,9,13,15,17,20,22H,4-5,8,10-12H2,1-3H3,(H,21,23)/t15-,17-/m0/s1. The van der Waals surface area contributed by atoms with Gasteiger partial charge >= 0.3 is 0 Å². The van der Waals surface area contributed by atoms with Gasteiger partial charge in [0.05, 0.1) is 12.6 Å². The van der Waals surface area contributed by atoms with Crippen molar-refractivity contribution in [1.82, 2.24) is 5.32 Å². The van der Waals surface area contributed by atoms with Crippen molar-refractivity contribution in [2.45, 2.75) is 58.5 Å². The third kappa shape index (κ3) is 5.05. The lowest BCUT2D eigenvalue weighted by Gasteiger charge is -2.27. The van der Waals surface area contributed by atoms with Gasteiger partial charge in [0, 0.05) is 12.2 Å². The molecule has 1 aliphatic carbocycles. The highest BCUT2D eigenvalue weighted by Gasteiger charge is 2.22. The number of amides is 1. The van der Waals surface area contributed by atoms with E-state index in [0.29, 0.717) is 12.5 Å². The van der Waals surface area contributed by atoms with Crippen molar-refractivity contribution in [2.24, 2.45) is 5.92 Å². The topological polar surface area (TPSA) is 61.4 Å². The molecular weight excluding hydrogens is 288 g/mol. The minimum absolute atomic E-state index is 0.0218. The lowest BCUT2D eigenvalue weighted by Crippen LogP contribution is -2.37. The zero-order chi connectivity index (χ0) is 16.8. The number of hydrogen-bond donors (Lipinski definition) is 3. The van der Waals surface area contributed by atoms with Gasteiger partial charge in [-0.2, -0.15) is 0 Å². The van der Waals surface area contributed by atoms with Crippen molar-refractivity contribution in [1.29, 1.82) is 0 Å². The molecule has 1 aromatic carbocycles. The number of rotatable bonds is 6. The molecule has 0 radical (unpaired) electrons. The second-order valence-corrected chi connectivity index (χ2v) is 6.98. The van der Waals surface area contributed by atoms with Gasteiger partial charge in [-0.15, -0.1) is 0 Å². The Bertz CT molecular complexity index is 528. The van der Waals surface area contributed by atoms with E-state index in [1.54, 1.807) is 0 Å². The van der Waals surface area contributed by atoms with Gasteiger partial charge in [-0.05, 0) is 42.7 Å². The van der Waals surface area contributed by atoms with Gasteiger partial charge in [-0.25, -0.2) is 0 Å². The highest BCUT2D eigenvalue weighted by Crippen LogP contribution is 2.27. The molecular formula is C19H30N2O2. The van der Waals surface area contributed by atoms with Crippen LogP contribution in [0.3, 0.4) is 0 Å². The molecule has 0 unspecified atom stereocenters. The third-order valence-electron chi connectivity index (χ3n) is 4.75. The number of nitrogens with one attached hydrogen (secondary N) is 2. The molecule has 0 bridgehead atoms. The van der Waals surface area contributed by atoms with Crippen LogP contribution in [0.15, 0.2) is 18.2 Å². The summed E-state index contributed by atoms with van der Waals surface area (Å²) in [5.41, 5.74) is 3.19. The van der Waals surface area contributed by atoms with E-state index in [9.17, 15) is 9.90 Å². The lowest BCUT2D eigenvalue weighted by molar-refractivity contribution is -0.115. The molecule has 23 heavy (non-hydrogen) atoms. The molecule has 0 aliphatic heterocycles. The average Bonchev–Trinajstić information content (AvgIpc) is 2.51. The molecule has 1 saturated carbocycles. The molecule has 1 amide bonds. The maximum atomic E-state index is 12.2. The Balaban J connectivity index is 1.85. The van der Waals surface area contributed by atoms with Crippen LogP contribution in [0.25, 0.3) is 0 Å². The van der Waals surface area contributed by atoms with Crippen LogP contribution in [0.2, 0.25) is 0 Å². The Hall–Kier alpha value is -1.39. The smallest absolute Gasteiger partial charge is 0.238 e. The van der Waals surface area contributed by atoms with Gasteiger partial charge < -0.3 is 15.7 Å². The fourth-order valence-corrected chi connectivity index (χ4v) is 3.32. The summed E-state index contributed by atoms with van der Waals surface area (Å²) >= 11 is 0. The zero-order valence-electron chi connectivity index (χ0n) is 14.6. The maximum absolute atomic E-state index is 12.2. The number of aliphatic hydroxyl groups excluding tert-OH is 1. The second kappa shape index (κ2) is 8.46. The summed E-state index contributed by atoms with van der Waals surface area (Å²) in [6.45, 7) is 7.28. The Morgan fingerprint density at radius 1 is 1.30 bits per heavy atom. The van der Waals surface area contributed by atoms with E-state index < -0.39 is 0 Å². The van der Waals surface area contributed by atoms with E-state index in [4.69, 9.17) is 0 Å². The summed E-state index contributed by atoms with van der Waals surface area (Å²) in [7, 11) is 0. The summed E-state index contributed by atoms with van der Waals surface area (Å²) in [5, 5.41) is 16.2. The lowest BCUT2D eigenvalue weighted by atomic mass is 9.86. The molecule has 1 fully saturated rings. The van der Waals surface area contributed by atoms with Crippen molar-refractivity contribution in [3.8, 4) is 0 Å². The molecule has 1 aliphatic rings. The van der Waals surface area contributed by atoms with Crippen LogP contribution in [0.1, 0.15) is 56.6 Å². The first-order chi connectivity index (χ1) is 11.0. The van der Waals surface area contributed by atoms with Gasteiger partial charge in [0.2, 0.25) is 5.91 Å². The van der Waals surface area contributed by atoms with E-state index >= 15 is 0 Å². The Morgan fingerprint density at radius 3 is 2.74 bits per heavy atom. The normalized spacial score (nSPS) is 21.4. The van der Waals surface area contributed by atoms with Crippen LogP contribution < -0.4 is 10.6 Å². The van der Waals surface area contributed by atoms with Crippen LogP contribution in [-0.2, 0) is 4.79 Å². The number of hydrogen-bond acceptors (Lipinski definition) is 3. The van der Waals surface area contributed by atoms with E-state index in [0.717, 1.165) is 30.5 Å². The van der Waals surface area contributed by atoms with E-state index in [-0.39, 0.29) is 24.5 Å². The highest BCUT2D eigenvalue weighted by molar-refractivity contribution is 5.93. The van der Waals surface area contributed by atoms with Gasteiger partial charge in [0.25, 0.3) is 0 Å². The molecule has 0 heterocycles. The molecule has 1 aromatic rings. The number of carbonyl (C=O) groups excluding carboxylic acids is 1. The number of para-hydroxylation sites is 1. The van der Waals surface area contributed by atoms with Gasteiger partial charge in [-0.3, -0.25) is 4.79 Å². The van der Waals surface area contributed by atoms with Crippen molar-refractivity contribution in [3.63, 3.8) is 0 Å². The van der Waals surface area contributed by atoms with Crippen molar-refractivity contribution < 1.29 is 9.90 Å². The molecule has 4 nitrogen and oxygen atoms in total. The SMILES string of the molecule is Cc1cccc(C(C)C)c1NC(=O)CNC[C@@H]1CCCC[C@@H]1O. The highest BCUT2D eigenvalue weighted by atomic mass is 16.3. The number of benzene rings is 1. The number of carbonyl (C=O) groups is 1. The fourth-order valence-electron chi connectivity index (χ4n) is 3.32. The van der Waals surface area contributed by atoms with E-state index in [1.165, 1.54) is 12.0 Å². The fraction of sp³-hybridized carbons (Fsp3) is 0.632. The molecule has 128 valence electrons. The molecule has 0 aromatic heterocycles. The summed E-state index contributed by atoms with van der Waals surface area (Å²) in [6, 6.07) is 6.12. The molecule has 0 saturated heterocycles. The Labute approximate surface area is 139 Å². The first-order valence-electron chi connectivity index (χ1n) is 8.77. The van der Waals surface area contributed by atoms with E-state index in [1.807, 2.05) is 19.1 Å². The molecule has 2 rings (SSSR count). The summed E-state index contributed by atoms with van der Waals surface area (Å²) < 4.78 is 0. The minimum Gasteiger partial charge on any atom is -0.393 e. The zero-order valence-corrected chi connectivity index (χ0v) is 14.6. The predicted octanol–water partition coefficient (Wildman–Crippen LogP) is 3.20. The van der Waals surface area contributed by atoms with Crippen LogP contribution in [0, 0.1) is 12.8 Å². The maximum Gasteiger partial charge on any atom is 0.238 e. The minimum atomic E-state index is -0.219. The largest absolute Gasteiger partial charge is 0.393 e. The number of aryl methyl sites for hydroxylation is 1. The molecule has 0 spiro atoms. The summed E-state index contributed by atoms with van der Waals surface area (Å²) in [4.78, 5) is 12.2.